The van der Waals surface area contributed by atoms with Gasteiger partial charge in [0, 0.05) is 6.42 Å². The Bertz CT molecular complexity index is 251. The molecule has 0 aromatic heterocycles. The molecule has 0 spiro atoms. The second kappa shape index (κ2) is 9.62. The predicted molar refractivity (Wildman–Crippen MR) is 58.3 cm³/mol. The molecule has 6 nitrogen and oxygen atoms in total. The van der Waals surface area contributed by atoms with E-state index in [1.54, 1.807) is 6.92 Å². The Kier molecular flexibility index (Phi) is 8.72. The maximum Gasteiger partial charge on any atom is 0.417 e. The predicted octanol–water partition coefficient (Wildman–Crippen LogP) is 1.13. The molecule has 98 valence electrons. The van der Waals surface area contributed by atoms with Crippen molar-refractivity contribution < 1.29 is 29.0 Å². The number of carbonyl (C=O) groups excluding carboxylic acids is 2. The van der Waals surface area contributed by atoms with Crippen LogP contribution in [0.15, 0.2) is 0 Å². The number of carboxylic acids is 1. The fourth-order valence-corrected chi connectivity index (χ4v) is 1.06. The largest absolute Gasteiger partial charge is 0.473 e. The van der Waals surface area contributed by atoms with E-state index in [9.17, 15) is 14.4 Å². The van der Waals surface area contributed by atoms with E-state index in [-0.39, 0.29) is 12.6 Å². The number of hydrogen-bond donors (Lipinski definition) is 1. The van der Waals surface area contributed by atoms with Crippen molar-refractivity contribution in [2.24, 2.45) is 0 Å². The van der Waals surface area contributed by atoms with Gasteiger partial charge in [-0.15, -0.1) is 0 Å². The molecule has 0 atom stereocenters. The molecule has 0 radical (unpaired) electrons. The van der Waals surface area contributed by atoms with E-state index in [4.69, 9.17) is 9.84 Å². The molecule has 0 aromatic rings. The van der Waals surface area contributed by atoms with Gasteiger partial charge in [-0.25, -0.2) is 9.59 Å². The second-order valence-electron chi connectivity index (χ2n) is 3.47. The van der Waals surface area contributed by atoms with Crippen LogP contribution >= 0.6 is 0 Å². The molecule has 0 aliphatic carbocycles. The molecule has 6 heteroatoms. The maximum atomic E-state index is 10.5. The number of carbonyl (C=O) groups is 3. The molecule has 1 N–H and O–H groups in total. The van der Waals surface area contributed by atoms with Gasteiger partial charge in [0.2, 0.25) is 0 Å². The van der Waals surface area contributed by atoms with E-state index >= 15 is 0 Å². The van der Waals surface area contributed by atoms with Gasteiger partial charge in [-0.2, -0.15) is 0 Å². The highest BCUT2D eigenvalue weighted by Gasteiger charge is 2.10. The van der Waals surface area contributed by atoms with Gasteiger partial charge in [-0.05, 0) is 25.7 Å². The molecular formula is C11H18O6. The number of rotatable bonds is 2. The summed E-state index contributed by atoms with van der Waals surface area (Å²) >= 11 is 0. The van der Waals surface area contributed by atoms with E-state index < -0.39 is 11.9 Å². The molecule has 17 heavy (non-hydrogen) atoms. The summed E-state index contributed by atoms with van der Waals surface area (Å²) in [6.07, 6.45) is 4.47. The van der Waals surface area contributed by atoms with Crippen LogP contribution in [-0.4, -0.2) is 36.2 Å². The molecule has 1 aliphatic heterocycles. The summed E-state index contributed by atoms with van der Waals surface area (Å²) in [6, 6.07) is 0. The zero-order valence-corrected chi connectivity index (χ0v) is 9.94. The van der Waals surface area contributed by atoms with Crippen LogP contribution in [0, 0.1) is 0 Å². The first-order valence-electron chi connectivity index (χ1n) is 5.63. The monoisotopic (exact) mass is 246 g/mol. The average Bonchev–Trinajstić information content (AvgIpc) is 2.54. The van der Waals surface area contributed by atoms with Crippen molar-refractivity contribution in [3.63, 3.8) is 0 Å². The number of aliphatic carboxylic acids is 1. The Labute approximate surface area is 99.9 Å². The molecule has 0 aromatic carbocycles. The van der Waals surface area contributed by atoms with Gasteiger partial charge in [0.25, 0.3) is 0 Å². The van der Waals surface area contributed by atoms with Gasteiger partial charge >= 0.3 is 17.9 Å². The lowest BCUT2D eigenvalue weighted by atomic mass is 10.2. The molecule has 1 fully saturated rings. The van der Waals surface area contributed by atoms with Crippen LogP contribution in [-0.2, 0) is 23.9 Å². The molecule has 0 unspecified atom stereocenters. The van der Waals surface area contributed by atoms with Crippen molar-refractivity contribution in [2.75, 3.05) is 13.2 Å². The fraction of sp³-hybridized carbons (Fsp3) is 0.727. The maximum absolute atomic E-state index is 10.5. The van der Waals surface area contributed by atoms with Gasteiger partial charge in [0.05, 0.1) is 13.2 Å². The van der Waals surface area contributed by atoms with Crippen LogP contribution in [0.3, 0.4) is 0 Å². The minimum Gasteiger partial charge on any atom is -0.473 e. The lowest BCUT2D eigenvalue weighted by Gasteiger charge is -1.95. The van der Waals surface area contributed by atoms with Crippen LogP contribution in [0.2, 0.25) is 0 Å². The van der Waals surface area contributed by atoms with Gasteiger partial charge in [-0.1, -0.05) is 6.92 Å². The van der Waals surface area contributed by atoms with E-state index in [0.29, 0.717) is 19.4 Å². The molecule has 0 amide bonds. The van der Waals surface area contributed by atoms with Crippen LogP contribution in [0.4, 0.5) is 0 Å². The number of hydrogen-bond acceptors (Lipinski definition) is 5. The Morgan fingerprint density at radius 2 is 2.06 bits per heavy atom. The zero-order valence-electron chi connectivity index (χ0n) is 9.94. The average molecular weight is 246 g/mol. The van der Waals surface area contributed by atoms with E-state index in [1.807, 2.05) is 0 Å². The Morgan fingerprint density at radius 1 is 1.35 bits per heavy atom. The number of ether oxygens (including phenoxy) is 2. The third-order valence-corrected chi connectivity index (χ3v) is 1.90. The molecule has 1 aliphatic rings. The van der Waals surface area contributed by atoms with Crippen LogP contribution in [0.5, 0.6) is 0 Å². The first-order valence-corrected chi connectivity index (χ1v) is 5.63. The summed E-state index contributed by atoms with van der Waals surface area (Å²) in [6.45, 7) is 2.60. The number of cyclic esters (lactones) is 1. The first-order chi connectivity index (χ1) is 8.07. The summed E-state index contributed by atoms with van der Waals surface area (Å²) in [5.41, 5.74) is 0. The van der Waals surface area contributed by atoms with Crippen LogP contribution < -0.4 is 0 Å². The summed E-state index contributed by atoms with van der Waals surface area (Å²) < 4.78 is 8.98. The summed E-state index contributed by atoms with van der Waals surface area (Å²) in [5.74, 6) is -2.75. The molecule has 0 saturated carbocycles. The highest BCUT2D eigenvalue weighted by Crippen LogP contribution is 2.06. The van der Waals surface area contributed by atoms with Crippen molar-refractivity contribution in [3.05, 3.63) is 0 Å². The molecule has 0 bridgehead atoms. The Morgan fingerprint density at radius 3 is 2.65 bits per heavy atom. The lowest BCUT2D eigenvalue weighted by molar-refractivity contribution is -0.163. The number of esters is 2. The quantitative estimate of drug-likeness (QED) is 0.580. The van der Waals surface area contributed by atoms with E-state index in [0.717, 1.165) is 19.3 Å². The number of carboxylic acid groups (broad SMARTS) is 1. The molecular weight excluding hydrogens is 228 g/mol. The van der Waals surface area contributed by atoms with Crippen molar-refractivity contribution in [1.82, 2.24) is 0 Å². The molecule has 1 rings (SSSR count). The zero-order chi connectivity index (χ0) is 13.1. The normalized spacial score (nSPS) is 14.8. The molecule has 1 heterocycles. The Balaban J connectivity index is 0.000000302. The van der Waals surface area contributed by atoms with Crippen LogP contribution in [0.1, 0.15) is 39.0 Å². The van der Waals surface area contributed by atoms with Crippen molar-refractivity contribution >= 4 is 17.9 Å². The topological polar surface area (TPSA) is 89.9 Å². The highest BCUT2D eigenvalue weighted by atomic mass is 16.6. The van der Waals surface area contributed by atoms with Gasteiger partial charge in [0.15, 0.2) is 0 Å². The second-order valence-corrected chi connectivity index (χ2v) is 3.47. The van der Waals surface area contributed by atoms with E-state index in [2.05, 4.69) is 4.74 Å². The fourth-order valence-electron chi connectivity index (χ4n) is 1.06. The smallest absolute Gasteiger partial charge is 0.417 e. The first kappa shape index (κ1) is 15.4. The van der Waals surface area contributed by atoms with Crippen molar-refractivity contribution in [1.29, 1.82) is 0 Å². The Hall–Kier alpha value is -1.59. The molecule has 1 saturated heterocycles. The van der Waals surface area contributed by atoms with Crippen molar-refractivity contribution in [3.8, 4) is 0 Å². The van der Waals surface area contributed by atoms with Crippen molar-refractivity contribution in [2.45, 2.75) is 39.0 Å². The minimum atomic E-state index is -1.54. The SMILES string of the molecule is CCCOC(=O)C(=O)O.O=C1CCCCCO1. The summed E-state index contributed by atoms with van der Waals surface area (Å²) in [4.78, 5) is 30.3. The van der Waals surface area contributed by atoms with Gasteiger partial charge in [-0.3, -0.25) is 4.79 Å². The standard InChI is InChI=1S/C6H10O2.C5H8O4/c7-6-4-2-1-3-5-8-6;1-2-3-9-5(8)4(6)7/h1-5H2;2-3H2,1H3,(H,6,7). The summed E-state index contributed by atoms with van der Waals surface area (Å²) in [7, 11) is 0. The highest BCUT2D eigenvalue weighted by molar-refractivity contribution is 6.28. The lowest BCUT2D eigenvalue weighted by Crippen LogP contribution is -2.16. The van der Waals surface area contributed by atoms with Crippen LogP contribution in [0.25, 0.3) is 0 Å². The van der Waals surface area contributed by atoms with E-state index in [1.165, 1.54) is 0 Å². The third-order valence-electron chi connectivity index (χ3n) is 1.90. The minimum absolute atomic E-state index is 0.0255. The summed E-state index contributed by atoms with van der Waals surface area (Å²) in [5, 5.41) is 7.93. The van der Waals surface area contributed by atoms with Gasteiger partial charge < -0.3 is 14.6 Å². The third kappa shape index (κ3) is 9.35. The van der Waals surface area contributed by atoms with Gasteiger partial charge in [0.1, 0.15) is 0 Å².